The number of hydrogen-bond acceptors (Lipinski definition) is 3. The first-order chi connectivity index (χ1) is 7.72. The van der Waals surface area contributed by atoms with E-state index in [1.165, 1.54) is 0 Å². The molecule has 2 N–H and O–H groups in total. The van der Waals surface area contributed by atoms with E-state index in [9.17, 15) is 4.79 Å². The largest absolute Gasteiger partial charge is 0.480 e. The van der Waals surface area contributed by atoms with Crippen molar-refractivity contribution in [3.05, 3.63) is 0 Å². The van der Waals surface area contributed by atoms with E-state index in [2.05, 4.69) is 19.2 Å². The molecule has 0 heterocycles. The number of carboxylic acid groups (broad SMARTS) is 1. The molecule has 0 aliphatic rings. The number of nitrogens with one attached hydrogen (secondary N) is 1. The molecule has 0 amide bonds. The minimum atomic E-state index is -0.747. The zero-order chi connectivity index (χ0) is 12.2. The van der Waals surface area contributed by atoms with Gasteiger partial charge in [-0.2, -0.15) is 0 Å². The molecule has 96 valence electrons. The van der Waals surface area contributed by atoms with Crippen molar-refractivity contribution in [2.75, 3.05) is 19.8 Å². The highest BCUT2D eigenvalue weighted by atomic mass is 16.5. The zero-order valence-corrected chi connectivity index (χ0v) is 10.5. The summed E-state index contributed by atoms with van der Waals surface area (Å²) in [6, 6.07) is -0.397. The quantitative estimate of drug-likeness (QED) is 0.534. The molecular formula is C12H25NO3. The summed E-state index contributed by atoms with van der Waals surface area (Å²) < 4.78 is 5.32. The van der Waals surface area contributed by atoms with Crippen LogP contribution in [0.3, 0.4) is 0 Å². The van der Waals surface area contributed by atoms with E-state index in [4.69, 9.17) is 9.84 Å². The summed E-state index contributed by atoms with van der Waals surface area (Å²) >= 11 is 0. The molecule has 0 aromatic rings. The lowest BCUT2D eigenvalue weighted by Gasteiger charge is -2.13. The number of rotatable bonds is 11. The smallest absolute Gasteiger partial charge is 0.320 e. The molecule has 0 aromatic carbocycles. The minimum absolute atomic E-state index is 0.397. The Bertz CT molecular complexity index is 174. The van der Waals surface area contributed by atoms with Gasteiger partial charge in [0.25, 0.3) is 0 Å². The van der Waals surface area contributed by atoms with Crippen LogP contribution in [0.5, 0.6) is 0 Å². The molecule has 0 radical (unpaired) electrons. The second kappa shape index (κ2) is 10.9. The summed E-state index contributed by atoms with van der Waals surface area (Å²) in [6.45, 7) is 6.35. The number of carbonyl (C=O) groups is 1. The summed E-state index contributed by atoms with van der Waals surface area (Å²) in [6.07, 6.45) is 4.60. The van der Waals surface area contributed by atoms with Crippen LogP contribution in [0.25, 0.3) is 0 Å². The molecule has 1 unspecified atom stereocenters. The molecule has 4 nitrogen and oxygen atoms in total. The highest BCUT2D eigenvalue weighted by molar-refractivity contribution is 5.73. The molecule has 0 aliphatic heterocycles. The number of ether oxygens (including phenoxy) is 1. The lowest BCUT2D eigenvalue weighted by molar-refractivity contribution is -0.139. The topological polar surface area (TPSA) is 58.6 Å². The van der Waals surface area contributed by atoms with Gasteiger partial charge in [-0.05, 0) is 25.8 Å². The SMILES string of the molecule is CCCCC(NCCCOCCC)C(=O)O. The maximum absolute atomic E-state index is 10.9. The number of hydrogen-bond donors (Lipinski definition) is 2. The van der Waals surface area contributed by atoms with E-state index < -0.39 is 12.0 Å². The second-order valence-corrected chi connectivity index (χ2v) is 3.95. The standard InChI is InChI=1S/C12H25NO3/c1-3-5-7-11(12(14)15)13-8-6-10-16-9-4-2/h11,13H,3-10H2,1-2H3,(H,14,15). The van der Waals surface area contributed by atoms with Crippen LogP contribution in [-0.4, -0.2) is 36.9 Å². The lowest BCUT2D eigenvalue weighted by Crippen LogP contribution is -2.37. The van der Waals surface area contributed by atoms with Crippen LogP contribution in [0.2, 0.25) is 0 Å². The molecule has 1 atom stereocenters. The molecule has 16 heavy (non-hydrogen) atoms. The van der Waals surface area contributed by atoms with Gasteiger partial charge >= 0.3 is 5.97 Å². The minimum Gasteiger partial charge on any atom is -0.480 e. The van der Waals surface area contributed by atoms with Crippen molar-refractivity contribution in [2.24, 2.45) is 0 Å². The third-order valence-corrected chi connectivity index (χ3v) is 2.35. The average molecular weight is 231 g/mol. The maximum atomic E-state index is 10.9. The van der Waals surface area contributed by atoms with Gasteiger partial charge in [-0.1, -0.05) is 26.7 Å². The summed E-state index contributed by atoms with van der Waals surface area (Å²) in [7, 11) is 0. The van der Waals surface area contributed by atoms with Gasteiger partial charge in [-0.3, -0.25) is 4.79 Å². The van der Waals surface area contributed by atoms with Crippen molar-refractivity contribution in [2.45, 2.75) is 52.0 Å². The van der Waals surface area contributed by atoms with Crippen molar-refractivity contribution in [1.82, 2.24) is 5.32 Å². The van der Waals surface area contributed by atoms with Gasteiger partial charge in [0.2, 0.25) is 0 Å². The highest BCUT2D eigenvalue weighted by Gasteiger charge is 2.14. The summed E-state index contributed by atoms with van der Waals surface area (Å²) in [4.78, 5) is 10.9. The molecule has 0 fully saturated rings. The molecule has 0 rings (SSSR count). The molecule has 0 bridgehead atoms. The monoisotopic (exact) mass is 231 g/mol. The van der Waals surface area contributed by atoms with Crippen LogP contribution in [-0.2, 0) is 9.53 Å². The van der Waals surface area contributed by atoms with E-state index in [1.54, 1.807) is 0 Å². The van der Waals surface area contributed by atoms with Crippen molar-refractivity contribution in [3.63, 3.8) is 0 Å². The van der Waals surface area contributed by atoms with Gasteiger partial charge in [0.05, 0.1) is 0 Å². The van der Waals surface area contributed by atoms with Crippen molar-refractivity contribution in [3.8, 4) is 0 Å². The summed E-state index contributed by atoms with van der Waals surface area (Å²) in [5.41, 5.74) is 0. The Balaban J connectivity index is 3.48. The van der Waals surface area contributed by atoms with E-state index in [1.807, 2.05) is 0 Å². The van der Waals surface area contributed by atoms with E-state index in [0.717, 1.165) is 32.3 Å². The Hall–Kier alpha value is -0.610. The predicted molar refractivity (Wildman–Crippen MR) is 64.7 cm³/mol. The Labute approximate surface area is 98.4 Å². The van der Waals surface area contributed by atoms with Crippen molar-refractivity contribution < 1.29 is 14.6 Å². The van der Waals surface area contributed by atoms with Crippen LogP contribution in [0, 0.1) is 0 Å². The van der Waals surface area contributed by atoms with Gasteiger partial charge in [0.1, 0.15) is 6.04 Å². The molecular weight excluding hydrogens is 206 g/mol. The first kappa shape index (κ1) is 15.4. The second-order valence-electron chi connectivity index (χ2n) is 3.95. The van der Waals surface area contributed by atoms with Crippen LogP contribution in [0.1, 0.15) is 46.0 Å². The molecule has 0 spiro atoms. The molecule has 0 saturated carbocycles. The zero-order valence-electron chi connectivity index (χ0n) is 10.5. The fourth-order valence-electron chi connectivity index (χ4n) is 1.42. The molecule has 0 aromatic heterocycles. The van der Waals surface area contributed by atoms with Crippen molar-refractivity contribution >= 4 is 5.97 Å². The number of carboxylic acids is 1. The molecule has 0 saturated heterocycles. The first-order valence-corrected chi connectivity index (χ1v) is 6.26. The third-order valence-electron chi connectivity index (χ3n) is 2.35. The third kappa shape index (κ3) is 8.68. The van der Waals surface area contributed by atoms with Gasteiger partial charge in [0, 0.05) is 13.2 Å². The Kier molecular flexibility index (Phi) is 10.5. The van der Waals surface area contributed by atoms with Crippen LogP contribution >= 0.6 is 0 Å². The van der Waals surface area contributed by atoms with Crippen LogP contribution in [0.4, 0.5) is 0 Å². The van der Waals surface area contributed by atoms with E-state index >= 15 is 0 Å². The summed E-state index contributed by atoms with van der Waals surface area (Å²) in [5, 5.41) is 12.0. The fourth-order valence-corrected chi connectivity index (χ4v) is 1.42. The van der Waals surface area contributed by atoms with Crippen LogP contribution < -0.4 is 5.32 Å². The molecule has 0 aliphatic carbocycles. The summed E-state index contributed by atoms with van der Waals surface area (Å²) in [5.74, 6) is -0.747. The Morgan fingerprint density at radius 3 is 2.56 bits per heavy atom. The van der Waals surface area contributed by atoms with Crippen LogP contribution in [0.15, 0.2) is 0 Å². The van der Waals surface area contributed by atoms with Gasteiger partial charge in [0.15, 0.2) is 0 Å². The number of unbranched alkanes of at least 4 members (excludes halogenated alkanes) is 1. The highest BCUT2D eigenvalue weighted by Crippen LogP contribution is 2.00. The van der Waals surface area contributed by atoms with Crippen molar-refractivity contribution in [1.29, 1.82) is 0 Å². The van der Waals surface area contributed by atoms with Gasteiger partial charge in [-0.15, -0.1) is 0 Å². The average Bonchev–Trinajstić information content (AvgIpc) is 2.26. The van der Waals surface area contributed by atoms with Gasteiger partial charge < -0.3 is 15.2 Å². The Morgan fingerprint density at radius 1 is 1.25 bits per heavy atom. The number of aliphatic carboxylic acids is 1. The predicted octanol–water partition coefficient (Wildman–Crippen LogP) is 2.04. The normalized spacial score (nSPS) is 12.6. The first-order valence-electron chi connectivity index (χ1n) is 6.26. The Morgan fingerprint density at radius 2 is 2.00 bits per heavy atom. The van der Waals surface area contributed by atoms with E-state index in [0.29, 0.717) is 19.6 Å². The fraction of sp³-hybridized carbons (Fsp3) is 0.917. The van der Waals surface area contributed by atoms with Gasteiger partial charge in [-0.25, -0.2) is 0 Å². The molecule has 4 heteroatoms. The maximum Gasteiger partial charge on any atom is 0.320 e. The lowest BCUT2D eigenvalue weighted by atomic mass is 10.1. The van der Waals surface area contributed by atoms with E-state index in [-0.39, 0.29) is 0 Å².